The van der Waals surface area contributed by atoms with Crippen LogP contribution >= 0.6 is 23.2 Å². The largest absolute Gasteiger partial charge is 0.489 e. The molecule has 3 aromatic rings. The standard InChI is InChI=1S/C16H15Cl2N5O/c1-23-16(20-21-22-23)19-9-11-4-2-5-12(8-11)24-10-13-14(17)6-3-7-15(13)18/h2-8H,9-10H2,1H3,(H,19,20,22). The number of ether oxygens (including phenoxy) is 1. The van der Waals surface area contributed by atoms with E-state index in [1.165, 1.54) is 0 Å². The Morgan fingerprint density at radius 3 is 2.58 bits per heavy atom. The molecule has 1 aromatic heterocycles. The van der Waals surface area contributed by atoms with Crippen molar-refractivity contribution in [1.29, 1.82) is 0 Å². The van der Waals surface area contributed by atoms with E-state index in [4.69, 9.17) is 27.9 Å². The molecule has 0 amide bonds. The number of aromatic nitrogens is 4. The molecule has 0 spiro atoms. The Hall–Kier alpha value is -2.31. The topological polar surface area (TPSA) is 64.9 Å². The number of tetrazole rings is 1. The molecule has 1 N–H and O–H groups in total. The summed E-state index contributed by atoms with van der Waals surface area (Å²) < 4.78 is 7.38. The average molecular weight is 364 g/mol. The van der Waals surface area contributed by atoms with Gasteiger partial charge in [-0.05, 0) is 40.3 Å². The predicted molar refractivity (Wildman–Crippen MR) is 93.4 cm³/mol. The van der Waals surface area contributed by atoms with E-state index in [1.54, 1.807) is 23.9 Å². The molecular weight excluding hydrogens is 349 g/mol. The molecule has 124 valence electrons. The minimum absolute atomic E-state index is 0.308. The number of hydrogen-bond donors (Lipinski definition) is 1. The third-order valence-corrected chi connectivity index (χ3v) is 4.12. The second-order valence-corrected chi connectivity index (χ2v) is 5.93. The highest BCUT2D eigenvalue weighted by molar-refractivity contribution is 6.35. The average Bonchev–Trinajstić information content (AvgIpc) is 2.98. The van der Waals surface area contributed by atoms with Crippen LogP contribution in [0.4, 0.5) is 5.95 Å². The first-order chi connectivity index (χ1) is 11.6. The molecular formula is C16H15Cl2N5O. The van der Waals surface area contributed by atoms with Gasteiger partial charge < -0.3 is 10.1 Å². The first kappa shape index (κ1) is 16.5. The van der Waals surface area contributed by atoms with Gasteiger partial charge in [-0.1, -0.05) is 46.5 Å². The number of halogens is 2. The molecule has 0 aliphatic carbocycles. The summed E-state index contributed by atoms with van der Waals surface area (Å²) in [5.41, 5.74) is 1.82. The highest BCUT2D eigenvalue weighted by atomic mass is 35.5. The van der Waals surface area contributed by atoms with Gasteiger partial charge in [-0.25, -0.2) is 4.68 Å². The lowest BCUT2D eigenvalue weighted by atomic mass is 10.2. The molecule has 0 unspecified atom stereocenters. The van der Waals surface area contributed by atoms with E-state index < -0.39 is 0 Å². The van der Waals surface area contributed by atoms with E-state index in [0.29, 0.717) is 29.1 Å². The molecule has 0 fully saturated rings. The third-order valence-electron chi connectivity index (χ3n) is 3.41. The Balaban J connectivity index is 1.64. The van der Waals surface area contributed by atoms with Gasteiger partial charge in [0, 0.05) is 29.2 Å². The fraction of sp³-hybridized carbons (Fsp3) is 0.188. The van der Waals surface area contributed by atoms with Crippen molar-refractivity contribution in [1.82, 2.24) is 20.2 Å². The summed E-state index contributed by atoms with van der Waals surface area (Å²) in [5, 5.41) is 15.6. The number of nitrogens with zero attached hydrogens (tertiary/aromatic N) is 4. The molecule has 0 saturated heterocycles. The van der Waals surface area contributed by atoms with E-state index in [0.717, 1.165) is 16.9 Å². The molecule has 2 aromatic carbocycles. The van der Waals surface area contributed by atoms with Crippen molar-refractivity contribution in [3.63, 3.8) is 0 Å². The molecule has 6 nitrogen and oxygen atoms in total. The maximum absolute atomic E-state index is 6.15. The number of rotatable bonds is 6. The van der Waals surface area contributed by atoms with Crippen LogP contribution in [0.3, 0.4) is 0 Å². The van der Waals surface area contributed by atoms with Crippen LogP contribution in [0.25, 0.3) is 0 Å². The molecule has 0 atom stereocenters. The van der Waals surface area contributed by atoms with Crippen molar-refractivity contribution < 1.29 is 4.74 Å². The first-order valence-corrected chi connectivity index (χ1v) is 8.00. The van der Waals surface area contributed by atoms with Gasteiger partial charge in [0.1, 0.15) is 12.4 Å². The van der Waals surface area contributed by atoms with E-state index in [2.05, 4.69) is 20.8 Å². The van der Waals surface area contributed by atoms with Gasteiger partial charge in [-0.15, -0.1) is 0 Å². The van der Waals surface area contributed by atoms with E-state index in [-0.39, 0.29) is 0 Å². The van der Waals surface area contributed by atoms with Crippen LogP contribution in [0.15, 0.2) is 42.5 Å². The molecule has 24 heavy (non-hydrogen) atoms. The van der Waals surface area contributed by atoms with Gasteiger partial charge in [0.25, 0.3) is 0 Å². The zero-order valence-corrected chi connectivity index (χ0v) is 14.4. The van der Waals surface area contributed by atoms with Crippen LogP contribution in [0.5, 0.6) is 5.75 Å². The van der Waals surface area contributed by atoms with Gasteiger partial charge in [0.05, 0.1) is 0 Å². The van der Waals surface area contributed by atoms with Gasteiger partial charge >= 0.3 is 0 Å². The molecule has 1 heterocycles. The van der Waals surface area contributed by atoms with Crippen molar-refractivity contribution in [2.75, 3.05) is 5.32 Å². The lowest BCUT2D eigenvalue weighted by molar-refractivity contribution is 0.306. The second-order valence-electron chi connectivity index (χ2n) is 5.12. The quantitative estimate of drug-likeness (QED) is 0.722. The minimum atomic E-state index is 0.308. The number of hydrogen-bond acceptors (Lipinski definition) is 5. The molecule has 0 saturated carbocycles. The van der Waals surface area contributed by atoms with Gasteiger partial charge in [0.15, 0.2) is 0 Å². The highest BCUT2D eigenvalue weighted by Gasteiger charge is 2.07. The smallest absolute Gasteiger partial charge is 0.242 e. The minimum Gasteiger partial charge on any atom is -0.489 e. The van der Waals surface area contributed by atoms with Gasteiger partial charge in [-0.3, -0.25) is 0 Å². The number of nitrogens with one attached hydrogen (secondary N) is 1. The molecule has 0 aliphatic heterocycles. The van der Waals surface area contributed by atoms with E-state index in [9.17, 15) is 0 Å². The summed E-state index contributed by atoms with van der Waals surface area (Å²) in [6.45, 7) is 0.890. The number of anilines is 1. The summed E-state index contributed by atoms with van der Waals surface area (Å²) in [4.78, 5) is 0. The third kappa shape index (κ3) is 3.96. The van der Waals surface area contributed by atoms with Crippen molar-refractivity contribution in [2.45, 2.75) is 13.2 Å². The summed E-state index contributed by atoms with van der Waals surface area (Å²) in [7, 11) is 1.77. The Morgan fingerprint density at radius 2 is 1.88 bits per heavy atom. The van der Waals surface area contributed by atoms with Crippen LogP contribution < -0.4 is 10.1 Å². The fourth-order valence-corrected chi connectivity index (χ4v) is 2.64. The normalized spacial score (nSPS) is 10.6. The summed E-state index contributed by atoms with van der Waals surface area (Å²) in [5.74, 6) is 1.34. The van der Waals surface area contributed by atoms with E-state index in [1.807, 2.05) is 30.3 Å². The highest BCUT2D eigenvalue weighted by Crippen LogP contribution is 2.26. The number of benzene rings is 2. The van der Waals surface area contributed by atoms with Crippen LogP contribution in [0.1, 0.15) is 11.1 Å². The molecule has 0 aliphatic rings. The zero-order chi connectivity index (χ0) is 16.9. The molecule has 8 heteroatoms. The lowest BCUT2D eigenvalue weighted by Gasteiger charge is -2.11. The molecule has 0 radical (unpaired) electrons. The Kier molecular flexibility index (Phi) is 5.17. The van der Waals surface area contributed by atoms with Gasteiger partial charge in [-0.2, -0.15) is 0 Å². The predicted octanol–water partition coefficient (Wildman–Crippen LogP) is 3.71. The van der Waals surface area contributed by atoms with Crippen molar-refractivity contribution >= 4 is 29.2 Å². The summed E-state index contributed by atoms with van der Waals surface area (Å²) in [6.07, 6.45) is 0. The van der Waals surface area contributed by atoms with E-state index >= 15 is 0 Å². The zero-order valence-electron chi connectivity index (χ0n) is 12.9. The van der Waals surface area contributed by atoms with Crippen LogP contribution in [-0.2, 0) is 20.2 Å². The first-order valence-electron chi connectivity index (χ1n) is 7.24. The van der Waals surface area contributed by atoms with Crippen molar-refractivity contribution in [2.24, 2.45) is 7.05 Å². The Labute approximate surface area is 149 Å². The summed E-state index contributed by atoms with van der Waals surface area (Å²) >= 11 is 12.3. The van der Waals surface area contributed by atoms with Crippen molar-refractivity contribution in [3.8, 4) is 5.75 Å². The molecule has 0 bridgehead atoms. The van der Waals surface area contributed by atoms with Crippen LogP contribution in [0, 0.1) is 0 Å². The number of aryl methyl sites for hydroxylation is 1. The SMILES string of the molecule is Cn1nnnc1NCc1cccc(OCc2c(Cl)cccc2Cl)c1. The van der Waals surface area contributed by atoms with Crippen LogP contribution in [-0.4, -0.2) is 20.2 Å². The fourth-order valence-electron chi connectivity index (χ4n) is 2.13. The second kappa shape index (κ2) is 7.51. The molecule has 3 rings (SSSR count). The Morgan fingerprint density at radius 1 is 1.12 bits per heavy atom. The monoisotopic (exact) mass is 363 g/mol. The lowest BCUT2D eigenvalue weighted by Crippen LogP contribution is -2.06. The Bertz CT molecular complexity index is 817. The van der Waals surface area contributed by atoms with Crippen molar-refractivity contribution in [3.05, 3.63) is 63.6 Å². The summed E-state index contributed by atoms with van der Waals surface area (Å²) in [6, 6.07) is 13.1. The van der Waals surface area contributed by atoms with Crippen LogP contribution in [0.2, 0.25) is 10.0 Å². The maximum atomic E-state index is 6.15. The van der Waals surface area contributed by atoms with Gasteiger partial charge in [0.2, 0.25) is 5.95 Å². The maximum Gasteiger partial charge on any atom is 0.242 e.